The van der Waals surface area contributed by atoms with E-state index in [0.29, 0.717) is 0 Å². The number of thioether (sulfide) groups is 1. The highest BCUT2D eigenvalue weighted by Crippen LogP contribution is 2.02. The number of rotatable bonds is 5. The van der Waals surface area contributed by atoms with Crippen LogP contribution in [0, 0.1) is 12.3 Å². The Bertz CT molecular complexity index is 85.4. The second-order valence-electron chi connectivity index (χ2n) is 1.64. The summed E-state index contributed by atoms with van der Waals surface area (Å²) in [5, 5.41) is 8.36. The highest BCUT2D eigenvalue weighted by Gasteiger charge is 1.85. The van der Waals surface area contributed by atoms with Gasteiger partial charge in [-0.3, -0.25) is 0 Å². The van der Waals surface area contributed by atoms with E-state index in [1.54, 1.807) is 11.8 Å². The van der Waals surface area contributed by atoms with Crippen molar-refractivity contribution in [1.82, 2.24) is 0 Å². The minimum atomic E-state index is 0.278. The molecule has 0 radical (unpaired) electrons. The molecule has 0 aliphatic carbocycles. The molecule has 0 aliphatic rings. The van der Waals surface area contributed by atoms with Crippen LogP contribution >= 0.6 is 11.8 Å². The Morgan fingerprint density at radius 3 is 2.78 bits per heavy atom. The second kappa shape index (κ2) is 7.87. The molecule has 9 heavy (non-hydrogen) atoms. The summed E-state index contributed by atoms with van der Waals surface area (Å²) in [6, 6.07) is 0. The molecule has 2 heteroatoms. The molecule has 0 bridgehead atoms. The van der Waals surface area contributed by atoms with Gasteiger partial charge in [-0.15, -0.1) is 12.3 Å². The van der Waals surface area contributed by atoms with Gasteiger partial charge in [0.1, 0.15) is 0 Å². The number of terminal acetylenes is 1. The molecule has 1 N–H and O–H groups in total. The zero-order valence-corrected chi connectivity index (χ0v) is 6.28. The number of aliphatic hydroxyl groups is 1. The molecule has 0 atom stereocenters. The summed E-state index contributed by atoms with van der Waals surface area (Å²) in [6.07, 6.45) is 6.96. The summed E-state index contributed by atoms with van der Waals surface area (Å²) in [5.74, 6) is 4.48. The number of hydrogen-bond acceptors (Lipinski definition) is 2. The Kier molecular flexibility index (Phi) is 7.76. The van der Waals surface area contributed by atoms with Gasteiger partial charge in [-0.1, -0.05) is 0 Å². The van der Waals surface area contributed by atoms with Crippen molar-refractivity contribution in [1.29, 1.82) is 0 Å². The van der Waals surface area contributed by atoms with Crippen LogP contribution in [-0.2, 0) is 0 Å². The maximum atomic E-state index is 8.36. The van der Waals surface area contributed by atoms with Crippen LogP contribution in [0.3, 0.4) is 0 Å². The largest absolute Gasteiger partial charge is 0.396 e. The zero-order valence-electron chi connectivity index (χ0n) is 5.47. The van der Waals surface area contributed by atoms with Gasteiger partial charge in [0, 0.05) is 12.2 Å². The van der Waals surface area contributed by atoms with E-state index in [4.69, 9.17) is 11.5 Å². The van der Waals surface area contributed by atoms with Gasteiger partial charge in [0.2, 0.25) is 0 Å². The molecular formula is C7H12OS. The lowest BCUT2D eigenvalue weighted by molar-refractivity contribution is 0.322. The first-order valence-electron chi connectivity index (χ1n) is 3.04. The topological polar surface area (TPSA) is 20.2 Å². The predicted molar refractivity (Wildman–Crippen MR) is 42.5 cm³/mol. The average Bonchev–Trinajstić information content (AvgIpc) is 1.89. The van der Waals surface area contributed by atoms with Crippen LogP contribution in [0.25, 0.3) is 0 Å². The van der Waals surface area contributed by atoms with Crippen LogP contribution in [0.5, 0.6) is 0 Å². The Morgan fingerprint density at radius 1 is 1.44 bits per heavy atom. The lowest BCUT2D eigenvalue weighted by atomic mass is 10.4. The summed E-state index contributed by atoms with van der Waals surface area (Å²) in [6.45, 7) is 0.278. The van der Waals surface area contributed by atoms with Crippen LogP contribution < -0.4 is 0 Å². The molecular weight excluding hydrogens is 132 g/mol. The molecule has 0 saturated heterocycles. The van der Waals surface area contributed by atoms with E-state index in [2.05, 4.69) is 5.92 Å². The Hall–Kier alpha value is -0.130. The van der Waals surface area contributed by atoms with Crippen molar-refractivity contribution in [3.8, 4) is 12.3 Å². The van der Waals surface area contributed by atoms with E-state index in [1.807, 2.05) is 0 Å². The first-order chi connectivity index (χ1) is 4.41. The molecule has 0 aromatic rings. The molecule has 0 aliphatic heterocycles. The molecule has 0 aromatic heterocycles. The average molecular weight is 144 g/mol. The summed E-state index contributed by atoms with van der Waals surface area (Å²) in [7, 11) is 0. The lowest BCUT2D eigenvalue weighted by Crippen LogP contribution is -1.87. The molecule has 52 valence electrons. The quantitative estimate of drug-likeness (QED) is 0.461. The van der Waals surface area contributed by atoms with Gasteiger partial charge in [-0.2, -0.15) is 11.8 Å². The van der Waals surface area contributed by atoms with E-state index in [9.17, 15) is 0 Å². The number of aliphatic hydroxyl groups excluding tert-OH is 1. The maximum Gasteiger partial charge on any atom is 0.0521 e. The molecule has 0 unspecified atom stereocenters. The van der Waals surface area contributed by atoms with E-state index in [0.717, 1.165) is 24.3 Å². The van der Waals surface area contributed by atoms with Crippen LogP contribution in [-0.4, -0.2) is 23.2 Å². The Labute approximate surface area is 60.8 Å². The van der Waals surface area contributed by atoms with Crippen molar-refractivity contribution < 1.29 is 5.11 Å². The highest BCUT2D eigenvalue weighted by molar-refractivity contribution is 7.99. The smallest absolute Gasteiger partial charge is 0.0521 e. The van der Waals surface area contributed by atoms with Gasteiger partial charge < -0.3 is 5.11 Å². The Balaban J connectivity index is 2.69. The molecule has 1 nitrogen and oxygen atoms in total. The van der Waals surface area contributed by atoms with E-state index < -0.39 is 0 Å². The number of unbranched alkanes of at least 4 members (excludes halogenated alkanes) is 1. The summed E-state index contributed by atoms with van der Waals surface area (Å²) in [4.78, 5) is 0. The van der Waals surface area contributed by atoms with Crippen LogP contribution in [0.4, 0.5) is 0 Å². The Morgan fingerprint density at radius 2 is 2.22 bits per heavy atom. The zero-order chi connectivity index (χ0) is 6.95. The first-order valence-corrected chi connectivity index (χ1v) is 4.19. The van der Waals surface area contributed by atoms with Crippen molar-refractivity contribution in [2.75, 3.05) is 18.1 Å². The lowest BCUT2D eigenvalue weighted by Gasteiger charge is -1.93. The fourth-order valence-electron chi connectivity index (χ4n) is 0.443. The monoisotopic (exact) mass is 144 g/mol. The first kappa shape index (κ1) is 8.87. The van der Waals surface area contributed by atoms with Gasteiger partial charge >= 0.3 is 0 Å². The molecule has 0 fully saturated rings. The normalized spacial score (nSPS) is 8.89. The van der Waals surface area contributed by atoms with Crippen LogP contribution in [0.2, 0.25) is 0 Å². The van der Waals surface area contributed by atoms with Gasteiger partial charge in [-0.05, 0) is 12.2 Å². The second-order valence-corrected chi connectivity index (χ2v) is 2.87. The van der Waals surface area contributed by atoms with Gasteiger partial charge in [0.15, 0.2) is 0 Å². The minimum absolute atomic E-state index is 0.278. The van der Waals surface area contributed by atoms with Crippen molar-refractivity contribution in [3.63, 3.8) is 0 Å². The van der Waals surface area contributed by atoms with E-state index in [-0.39, 0.29) is 6.61 Å². The third kappa shape index (κ3) is 7.87. The SMILES string of the molecule is C#CCCCSCCO. The fraction of sp³-hybridized carbons (Fsp3) is 0.714. The molecule has 0 rings (SSSR count). The van der Waals surface area contributed by atoms with Crippen molar-refractivity contribution >= 4 is 11.8 Å². The van der Waals surface area contributed by atoms with Crippen LogP contribution in [0.1, 0.15) is 12.8 Å². The van der Waals surface area contributed by atoms with Crippen molar-refractivity contribution in [2.45, 2.75) is 12.8 Å². The predicted octanol–water partition coefficient (Wildman–Crippen LogP) is 1.13. The third-order valence-corrected chi connectivity index (χ3v) is 1.89. The molecule has 0 heterocycles. The number of hydrogen-bond donors (Lipinski definition) is 1. The van der Waals surface area contributed by atoms with Gasteiger partial charge in [-0.25, -0.2) is 0 Å². The fourth-order valence-corrected chi connectivity index (χ4v) is 1.12. The molecule has 0 saturated carbocycles. The van der Waals surface area contributed by atoms with Crippen molar-refractivity contribution in [2.24, 2.45) is 0 Å². The standard InChI is InChI=1S/C7H12OS/c1-2-3-4-6-9-7-5-8/h1,8H,3-7H2. The minimum Gasteiger partial charge on any atom is -0.396 e. The van der Waals surface area contributed by atoms with Gasteiger partial charge in [0.05, 0.1) is 6.61 Å². The van der Waals surface area contributed by atoms with Crippen molar-refractivity contribution in [3.05, 3.63) is 0 Å². The van der Waals surface area contributed by atoms with E-state index in [1.165, 1.54) is 0 Å². The van der Waals surface area contributed by atoms with E-state index >= 15 is 0 Å². The van der Waals surface area contributed by atoms with Crippen LogP contribution in [0.15, 0.2) is 0 Å². The highest BCUT2D eigenvalue weighted by atomic mass is 32.2. The summed E-state index contributed by atoms with van der Waals surface area (Å²) >= 11 is 1.75. The molecule has 0 spiro atoms. The molecule has 0 amide bonds. The summed E-state index contributed by atoms with van der Waals surface area (Å²) < 4.78 is 0. The summed E-state index contributed by atoms with van der Waals surface area (Å²) in [5.41, 5.74) is 0. The molecule has 0 aromatic carbocycles. The maximum absolute atomic E-state index is 8.36. The third-order valence-electron chi connectivity index (χ3n) is 0.845. The van der Waals surface area contributed by atoms with Gasteiger partial charge in [0.25, 0.3) is 0 Å².